The van der Waals surface area contributed by atoms with E-state index in [2.05, 4.69) is 49.1 Å². The molecule has 3 aromatic heterocycles. The third-order valence-corrected chi connectivity index (χ3v) is 13.4. The molecule has 0 spiro atoms. The highest BCUT2D eigenvalue weighted by Crippen LogP contribution is 2.39. The summed E-state index contributed by atoms with van der Waals surface area (Å²) in [6, 6.07) is 30.5. The number of rotatable bonds is 7. The van der Waals surface area contributed by atoms with Crippen LogP contribution in [-0.2, 0) is 0 Å². The van der Waals surface area contributed by atoms with Crippen LogP contribution in [0.4, 0.5) is 17.2 Å². The lowest BCUT2D eigenvalue weighted by atomic mass is 10.2. The molecular formula is C39H42N6O4Si. The summed E-state index contributed by atoms with van der Waals surface area (Å²) >= 11 is 0. The minimum Gasteiger partial charge on any atom is -0.542 e. The number of nitrogen functional groups attached to an aromatic ring is 1. The predicted octanol–water partition coefficient (Wildman–Crippen LogP) is 9.24. The van der Waals surface area contributed by atoms with Crippen LogP contribution in [0.2, 0.25) is 18.1 Å². The quantitative estimate of drug-likeness (QED) is 0.111. The fraction of sp³-hybridized carbons (Fsp3) is 0.205. The van der Waals surface area contributed by atoms with Crippen LogP contribution in [0.5, 0.6) is 23.0 Å². The van der Waals surface area contributed by atoms with Crippen molar-refractivity contribution < 1.29 is 19.0 Å². The van der Waals surface area contributed by atoms with Crippen molar-refractivity contribution in [2.24, 2.45) is 0 Å². The van der Waals surface area contributed by atoms with E-state index in [0.717, 1.165) is 56.1 Å². The molecule has 4 N–H and O–H groups in total. The minimum absolute atomic E-state index is 0.114. The van der Waals surface area contributed by atoms with E-state index in [1.54, 1.807) is 38.7 Å². The van der Waals surface area contributed by atoms with E-state index >= 15 is 0 Å². The van der Waals surface area contributed by atoms with E-state index in [4.69, 9.17) is 24.6 Å². The Kier molecular flexibility index (Phi) is 9.26. The third-order valence-electron chi connectivity index (χ3n) is 9.06. The molecule has 0 amide bonds. The first kappa shape index (κ1) is 34.1. The van der Waals surface area contributed by atoms with Gasteiger partial charge >= 0.3 is 0 Å². The number of aromatic hydroxyl groups is 1. The molecule has 0 fully saturated rings. The van der Waals surface area contributed by atoms with Crippen molar-refractivity contribution in [3.8, 4) is 28.8 Å². The van der Waals surface area contributed by atoms with Crippen molar-refractivity contribution in [2.45, 2.75) is 38.9 Å². The van der Waals surface area contributed by atoms with E-state index in [9.17, 15) is 5.11 Å². The lowest BCUT2D eigenvalue weighted by molar-refractivity contribution is 0.415. The van der Waals surface area contributed by atoms with E-state index < -0.39 is 8.32 Å². The van der Waals surface area contributed by atoms with Gasteiger partial charge in [0.2, 0.25) is 0 Å². The van der Waals surface area contributed by atoms with E-state index in [0.29, 0.717) is 17.0 Å². The monoisotopic (exact) mass is 686 g/mol. The molecule has 0 aliphatic carbocycles. The van der Waals surface area contributed by atoms with Crippen LogP contribution < -0.4 is 25.0 Å². The number of benzene rings is 4. The van der Waals surface area contributed by atoms with Crippen molar-refractivity contribution in [1.29, 1.82) is 0 Å². The molecule has 10 nitrogen and oxygen atoms in total. The Balaban J connectivity index is 0.000000177. The zero-order chi connectivity index (χ0) is 35.6. The van der Waals surface area contributed by atoms with Crippen LogP contribution in [0.15, 0.2) is 103 Å². The number of anilines is 3. The zero-order valence-corrected chi connectivity index (χ0v) is 30.4. The number of imidazole rings is 1. The molecule has 3 heterocycles. The Labute approximate surface area is 292 Å². The lowest BCUT2D eigenvalue weighted by Gasteiger charge is -2.36. The molecule has 0 saturated heterocycles. The average Bonchev–Trinajstić information content (AvgIpc) is 3.52. The molecule has 0 saturated carbocycles. The van der Waals surface area contributed by atoms with Gasteiger partial charge in [0.25, 0.3) is 8.32 Å². The van der Waals surface area contributed by atoms with Gasteiger partial charge in [-0.05, 0) is 78.8 Å². The number of phenolic OH excluding ortho intramolecular Hbond substituents is 1. The van der Waals surface area contributed by atoms with Gasteiger partial charge in [0.05, 0.1) is 36.6 Å². The second-order valence-electron chi connectivity index (χ2n) is 13.5. The number of para-hydroxylation sites is 2. The highest BCUT2D eigenvalue weighted by molar-refractivity contribution is 6.74. The van der Waals surface area contributed by atoms with Crippen LogP contribution in [0.1, 0.15) is 20.8 Å². The van der Waals surface area contributed by atoms with Crippen LogP contribution >= 0.6 is 0 Å². The largest absolute Gasteiger partial charge is 0.542 e. The molecule has 256 valence electrons. The number of ether oxygens (including phenoxy) is 2. The van der Waals surface area contributed by atoms with Crippen LogP contribution in [0, 0.1) is 0 Å². The highest BCUT2D eigenvalue weighted by Gasteiger charge is 2.39. The maximum Gasteiger partial charge on any atom is 0.250 e. The Bertz CT molecular complexity index is 2320. The summed E-state index contributed by atoms with van der Waals surface area (Å²) in [7, 11) is 1.28. The molecular weight excluding hydrogens is 645 g/mol. The van der Waals surface area contributed by atoms with Crippen molar-refractivity contribution in [2.75, 3.05) is 25.3 Å². The normalized spacial score (nSPS) is 11.7. The Morgan fingerprint density at radius 2 is 1.46 bits per heavy atom. The predicted molar refractivity (Wildman–Crippen MR) is 205 cm³/mol. The van der Waals surface area contributed by atoms with Crippen molar-refractivity contribution >= 4 is 58.3 Å². The first-order valence-electron chi connectivity index (χ1n) is 16.3. The number of aromatic nitrogens is 4. The second-order valence-corrected chi connectivity index (χ2v) is 18.2. The average molecular weight is 687 g/mol. The summed E-state index contributed by atoms with van der Waals surface area (Å²) in [6.07, 6.45) is 1.72. The number of pyridine rings is 2. The van der Waals surface area contributed by atoms with Crippen molar-refractivity contribution in [1.82, 2.24) is 19.5 Å². The highest BCUT2D eigenvalue weighted by atomic mass is 28.4. The molecule has 0 aliphatic rings. The number of nitrogens with one attached hydrogen (secondary N) is 1. The third kappa shape index (κ3) is 6.99. The van der Waals surface area contributed by atoms with Gasteiger partial charge in [-0.2, -0.15) is 0 Å². The van der Waals surface area contributed by atoms with Gasteiger partial charge in [0, 0.05) is 22.9 Å². The molecule has 7 aromatic rings. The molecule has 0 unspecified atom stereocenters. The van der Waals surface area contributed by atoms with Crippen LogP contribution in [0.3, 0.4) is 0 Å². The van der Waals surface area contributed by atoms with Crippen molar-refractivity contribution in [3.63, 3.8) is 0 Å². The minimum atomic E-state index is -1.97. The summed E-state index contributed by atoms with van der Waals surface area (Å²) in [5.41, 5.74) is 10.7. The molecule has 50 heavy (non-hydrogen) atoms. The van der Waals surface area contributed by atoms with Gasteiger partial charge in [0.1, 0.15) is 52.0 Å². The number of phenols is 1. The second kappa shape index (κ2) is 13.6. The summed E-state index contributed by atoms with van der Waals surface area (Å²) in [6.45, 7) is 11.2. The molecule has 0 bridgehead atoms. The molecule has 0 atom stereocenters. The van der Waals surface area contributed by atoms with Crippen molar-refractivity contribution in [3.05, 3.63) is 103 Å². The summed E-state index contributed by atoms with van der Waals surface area (Å²) in [5, 5.41) is 15.3. The Hall–Kier alpha value is -5.81. The van der Waals surface area contributed by atoms with Gasteiger partial charge < -0.3 is 30.1 Å². The van der Waals surface area contributed by atoms with Gasteiger partial charge in [-0.25, -0.2) is 15.0 Å². The Morgan fingerprint density at radius 3 is 2.18 bits per heavy atom. The lowest BCUT2D eigenvalue weighted by Crippen LogP contribution is -2.43. The fourth-order valence-corrected chi connectivity index (χ4v) is 6.20. The zero-order valence-electron chi connectivity index (χ0n) is 29.4. The number of nitrogens with zero attached hydrogens (tertiary/aromatic N) is 4. The van der Waals surface area contributed by atoms with Gasteiger partial charge in [0.15, 0.2) is 0 Å². The van der Waals surface area contributed by atoms with Gasteiger partial charge in [-0.1, -0.05) is 45.0 Å². The summed E-state index contributed by atoms with van der Waals surface area (Å²) in [5.74, 6) is 3.92. The topological polar surface area (TPSA) is 130 Å². The van der Waals surface area contributed by atoms with Crippen LogP contribution in [-0.4, -0.2) is 47.2 Å². The number of nitrogens with two attached hydrogens (primary N) is 1. The van der Waals surface area contributed by atoms with Gasteiger partial charge in [-0.3, -0.25) is 4.57 Å². The number of fused-ring (bicyclic) bond motifs is 3. The maximum atomic E-state index is 9.97. The van der Waals surface area contributed by atoms with Gasteiger partial charge in [-0.15, -0.1) is 0 Å². The summed E-state index contributed by atoms with van der Waals surface area (Å²) < 4.78 is 18.9. The van der Waals surface area contributed by atoms with E-state index in [1.165, 1.54) is 0 Å². The smallest absolute Gasteiger partial charge is 0.250 e. The first-order chi connectivity index (χ1) is 23.9. The van der Waals surface area contributed by atoms with E-state index in [1.807, 2.05) is 83.4 Å². The molecule has 11 heteroatoms. The number of methoxy groups -OCH3 is 2. The standard InChI is InChI=1S/C22H29N3O2Si.C17H13N3O2/c1-22(2,3)28(5,6)27-19-9-7-8-15-10-13-20(25-21(15)19)24-18-12-11-16(26-4)14-17(18)23;1-22-12-6-7-14-13(9-12)18-10-20(14)16-8-5-11-3-2-4-15(21)17(11)19-16/h7-14H,23H2,1-6H3,(H,24,25);2-10,21H,1H3. The molecule has 7 rings (SSSR count). The molecule has 4 aromatic carbocycles. The molecule has 0 radical (unpaired) electrons. The summed E-state index contributed by atoms with van der Waals surface area (Å²) in [4.78, 5) is 13.8. The number of hydrogen-bond donors (Lipinski definition) is 3. The maximum absolute atomic E-state index is 9.97. The molecule has 0 aliphatic heterocycles. The van der Waals surface area contributed by atoms with E-state index in [-0.39, 0.29) is 10.8 Å². The first-order valence-corrected chi connectivity index (χ1v) is 19.2. The van der Waals surface area contributed by atoms with Crippen LogP contribution in [0.25, 0.3) is 38.7 Å². The fourth-order valence-electron chi connectivity index (χ4n) is 5.18. The number of hydrogen-bond acceptors (Lipinski definition) is 9. The SMILES string of the molecule is COc1ccc(Nc2ccc3cccc(O[Si](C)(C)C(C)(C)C)c3n2)c(N)c1.COc1ccc2c(c1)ncn2-c1ccc2cccc(O)c2n1. The Morgan fingerprint density at radius 1 is 0.780 bits per heavy atom.